The van der Waals surface area contributed by atoms with Crippen LogP contribution in [-0.4, -0.2) is 44.6 Å². The molecule has 3 rings (SSSR count). The standard InChI is InChI=1S/C18H28N6O/c1-13-11-16(21-18(20-13)23-7-5-4-6-8-23)12-19-17-14(2)15(3)22-24(17)9-10-25/h11,19,25H,4-10,12H2,1-3H3. The van der Waals surface area contributed by atoms with Gasteiger partial charge in [0.15, 0.2) is 0 Å². The first kappa shape index (κ1) is 17.7. The summed E-state index contributed by atoms with van der Waals surface area (Å²) in [6.07, 6.45) is 3.72. The Kier molecular flexibility index (Phi) is 5.53. The summed E-state index contributed by atoms with van der Waals surface area (Å²) in [4.78, 5) is 11.7. The van der Waals surface area contributed by atoms with Gasteiger partial charge in [-0.15, -0.1) is 0 Å². The van der Waals surface area contributed by atoms with Gasteiger partial charge in [-0.3, -0.25) is 0 Å². The average Bonchev–Trinajstić information content (AvgIpc) is 2.87. The maximum atomic E-state index is 9.23. The lowest BCUT2D eigenvalue weighted by molar-refractivity contribution is 0.270. The Bertz CT molecular complexity index is 721. The Morgan fingerprint density at radius 1 is 1.12 bits per heavy atom. The highest BCUT2D eigenvalue weighted by atomic mass is 16.3. The van der Waals surface area contributed by atoms with Crippen LogP contribution in [0, 0.1) is 20.8 Å². The van der Waals surface area contributed by atoms with Crippen molar-refractivity contribution < 1.29 is 5.11 Å². The minimum Gasteiger partial charge on any atom is -0.394 e. The zero-order chi connectivity index (χ0) is 17.8. The van der Waals surface area contributed by atoms with Crippen LogP contribution in [-0.2, 0) is 13.1 Å². The van der Waals surface area contributed by atoms with Crippen LogP contribution >= 0.6 is 0 Å². The summed E-state index contributed by atoms with van der Waals surface area (Å²) in [6.45, 7) is 9.29. The van der Waals surface area contributed by atoms with Crippen LogP contribution in [0.3, 0.4) is 0 Å². The van der Waals surface area contributed by atoms with Crippen molar-refractivity contribution in [2.75, 3.05) is 29.9 Å². The first-order chi connectivity index (χ1) is 12.1. The third-order valence-electron chi connectivity index (χ3n) is 4.71. The number of rotatable bonds is 6. The van der Waals surface area contributed by atoms with E-state index in [-0.39, 0.29) is 6.61 Å². The Balaban J connectivity index is 1.76. The largest absolute Gasteiger partial charge is 0.394 e. The average molecular weight is 344 g/mol. The number of aromatic nitrogens is 4. The van der Waals surface area contributed by atoms with Crippen LogP contribution in [0.25, 0.3) is 0 Å². The molecule has 1 fully saturated rings. The molecule has 0 unspecified atom stereocenters. The molecule has 2 N–H and O–H groups in total. The van der Waals surface area contributed by atoms with E-state index in [1.807, 2.05) is 31.5 Å². The summed E-state index contributed by atoms with van der Waals surface area (Å²) in [5.41, 5.74) is 4.05. The van der Waals surface area contributed by atoms with Gasteiger partial charge in [0.2, 0.25) is 5.95 Å². The maximum absolute atomic E-state index is 9.23. The molecule has 0 radical (unpaired) electrons. The monoisotopic (exact) mass is 344 g/mol. The fourth-order valence-corrected chi connectivity index (χ4v) is 3.27. The van der Waals surface area contributed by atoms with Gasteiger partial charge >= 0.3 is 0 Å². The lowest BCUT2D eigenvalue weighted by atomic mass is 10.1. The predicted molar refractivity (Wildman–Crippen MR) is 98.9 cm³/mol. The lowest BCUT2D eigenvalue weighted by Gasteiger charge is -2.27. The molecule has 1 saturated heterocycles. The molecular weight excluding hydrogens is 316 g/mol. The van der Waals surface area contributed by atoms with Crippen LogP contribution in [0.2, 0.25) is 0 Å². The number of hydrogen-bond acceptors (Lipinski definition) is 6. The molecule has 25 heavy (non-hydrogen) atoms. The zero-order valence-corrected chi connectivity index (χ0v) is 15.4. The van der Waals surface area contributed by atoms with E-state index in [1.165, 1.54) is 19.3 Å². The number of anilines is 2. The third-order valence-corrected chi connectivity index (χ3v) is 4.71. The number of nitrogens with zero attached hydrogens (tertiary/aromatic N) is 5. The van der Waals surface area contributed by atoms with Gasteiger partial charge in [0.1, 0.15) is 5.82 Å². The molecule has 2 aromatic heterocycles. The molecule has 0 atom stereocenters. The summed E-state index contributed by atoms with van der Waals surface area (Å²) in [6, 6.07) is 2.02. The molecule has 3 heterocycles. The first-order valence-corrected chi connectivity index (χ1v) is 9.06. The van der Waals surface area contributed by atoms with Crippen LogP contribution in [0.5, 0.6) is 0 Å². The van der Waals surface area contributed by atoms with E-state index >= 15 is 0 Å². The highest BCUT2D eigenvalue weighted by Crippen LogP contribution is 2.20. The molecule has 2 aromatic rings. The third kappa shape index (κ3) is 4.10. The highest BCUT2D eigenvalue weighted by Gasteiger charge is 2.15. The van der Waals surface area contributed by atoms with Crippen molar-refractivity contribution in [1.29, 1.82) is 0 Å². The molecule has 0 spiro atoms. The summed E-state index contributed by atoms with van der Waals surface area (Å²) in [5.74, 6) is 1.79. The number of aliphatic hydroxyl groups is 1. The zero-order valence-electron chi connectivity index (χ0n) is 15.4. The number of aliphatic hydroxyl groups excluding tert-OH is 1. The number of piperidine rings is 1. The molecule has 0 amide bonds. The predicted octanol–water partition coefficient (Wildman–Crippen LogP) is 2.19. The first-order valence-electron chi connectivity index (χ1n) is 9.06. The van der Waals surface area contributed by atoms with Gasteiger partial charge in [0.05, 0.1) is 31.1 Å². The second-order valence-corrected chi connectivity index (χ2v) is 6.71. The van der Waals surface area contributed by atoms with E-state index in [4.69, 9.17) is 4.98 Å². The summed E-state index contributed by atoms with van der Waals surface area (Å²) in [7, 11) is 0. The topological polar surface area (TPSA) is 79.1 Å². The van der Waals surface area contributed by atoms with Gasteiger partial charge in [-0.25, -0.2) is 14.6 Å². The van der Waals surface area contributed by atoms with Crippen LogP contribution in [0.4, 0.5) is 11.8 Å². The molecule has 0 aromatic carbocycles. The van der Waals surface area contributed by atoms with Crippen molar-refractivity contribution >= 4 is 11.8 Å². The van der Waals surface area contributed by atoms with E-state index in [0.29, 0.717) is 13.1 Å². The van der Waals surface area contributed by atoms with E-state index < -0.39 is 0 Å². The second-order valence-electron chi connectivity index (χ2n) is 6.71. The Morgan fingerprint density at radius 2 is 1.88 bits per heavy atom. The second kappa shape index (κ2) is 7.82. The van der Waals surface area contributed by atoms with E-state index in [2.05, 4.69) is 20.3 Å². The smallest absolute Gasteiger partial charge is 0.225 e. The summed E-state index contributed by atoms with van der Waals surface area (Å²) >= 11 is 0. The Hall–Kier alpha value is -2.15. The van der Waals surface area contributed by atoms with Gasteiger partial charge in [0.25, 0.3) is 0 Å². The normalized spacial score (nSPS) is 14.8. The van der Waals surface area contributed by atoms with Crippen molar-refractivity contribution in [3.05, 3.63) is 28.7 Å². The molecule has 0 saturated carbocycles. The number of aryl methyl sites for hydroxylation is 2. The molecule has 7 nitrogen and oxygen atoms in total. The van der Waals surface area contributed by atoms with Gasteiger partial charge in [0, 0.05) is 24.3 Å². The van der Waals surface area contributed by atoms with Crippen molar-refractivity contribution in [3.8, 4) is 0 Å². The SMILES string of the molecule is Cc1cc(CNc2c(C)c(C)nn2CCO)nc(N2CCCCC2)n1. The Labute approximate surface area is 149 Å². The molecule has 7 heteroatoms. The van der Waals surface area contributed by atoms with Gasteiger partial charge < -0.3 is 15.3 Å². The molecule has 1 aliphatic rings. The fourth-order valence-electron chi connectivity index (χ4n) is 3.27. The molecule has 0 bridgehead atoms. The van der Waals surface area contributed by atoms with E-state index in [0.717, 1.165) is 47.5 Å². The number of nitrogens with one attached hydrogen (secondary N) is 1. The Morgan fingerprint density at radius 3 is 2.60 bits per heavy atom. The molecule has 1 aliphatic heterocycles. The molecule has 136 valence electrons. The van der Waals surface area contributed by atoms with E-state index in [1.54, 1.807) is 0 Å². The molecule has 0 aliphatic carbocycles. The van der Waals surface area contributed by atoms with Crippen molar-refractivity contribution in [2.45, 2.75) is 53.1 Å². The van der Waals surface area contributed by atoms with Crippen molar-refractivity contribution in [1.82, 2.24) is 19.7 Å². The van der Waals surface area contributed by atoms with Crippen LogP contribution < -0.4 is 10.2 Å². The van der Waals surface area contributed by atoms with Crippen molar-refractivity contribution in [2.24, 2.45) is 0 Å². The lowest BCUT2D eigenvalue weighted by Crippen LogP contribution is -2.31. The fraction of sp³-hybridized carbons (Fsp3) is 0.611. The van der Waals surface area contributed by atoms with Crippen LogP contribution in [0.15, 0.2) is 6.07 Å². The van der Waals surface area contributed by atoms with Gasteiger partial charge in [-0.1, -0.05) is 0 Å². The minimum atomic E-state index is 0.0704. The summed E-state index contributed by atoms with van der Waals surface area (Å²) in [5, 5.41) is 17.1. The quantitative estimate of drug-likeness (QED) is 0.836. The van der Waals surface area contributed by atoms with Gasteiger partial charge in [-0.2, -0.15) is 5.10 Å². The molecular formula is C18H28N6O. The summed E-state index contributed by atoms with van der Waals surface area (Å²) < 4.78 is 1.82. The maximum Gasteiger partial charge on any atom is 0.225 e. The van der Waals surface area contributed by atoms with Gasteiger partial charge in [-0.05, 0) is 46.1 Å². The van der Waals surface area contributed by atoms with Crippen LogP contribution in [0.1, 0.15) is 41.9 Å². The minimum absolute atomic E-state index is 0.0704. The highest BCUT2D eigenvalue weighted by molar-refractivity contribution is 5.47. The van der Waals surface area contributed by atoms with E-state index in [9.17, 15) is 5.11 Å². The van der Waals surface area contributed by atoms with Crippen molar-refractivity contribution in [3.63, 3.8) is 0 Å². The number of hydrogen-bond donors (Lipinski definition) is 2.